The smallest absolute Gasteiger partial charge is 0.239 e. The monoisotopic (exact) mass is 448 g/mol. The zero-order valence-corrected chi connectivity index (χ0v) is 16.6. The molecule has 1 saturated heterocycles. The SMILES string of the molecule is COc1cc(O)c2c(=O)c(O[C@@H]3O[C@H](CO)[C@H](O)[C@@H]3O)c(-c3ccc(O)c(O)c3)oc2c1. The van der Waals surface area contributed by atoms with Crippen molar-refractivity contribution in [1.29, 1.82) is 0 Å². The van der Waals surface area contributed by atoms with Crippen molar-refractivity contribution in [2.45, 2.75) is 24.6 Å². The molecule has 0 amide bonds. The van der Waals surface area contributed by atoms with E-state index in [1.165, 1.54) is 25.3 Å². The molecular weight excluding hydrogens is 428 g/mol. The first-order valence-electron chi connectivity index (χ1n) is 9.44. The molecule has 32 heavy (non-hydrogen) atoms. The van der Waals surface area contributed by atoms with Crippen LogP contribution in [-0.4, -0.2) is 69.0 Å². The summed E-state index contributed by atoms with van der Waals surface area (Å²) in [5, 5.41) is 59.1. The number of aliphatic hydroxyl groups excluding tert-OH is 3. The molecule has 1 aromatic heterocycles. The van der Waals surface area contributed by atoms with E-state index in [9.17, 15) is 35.4 Å². The Morgan fingerprint density at radius 3 is 2.38 bits per heavy atom. The van der Waals surface area contributed by atoms with Crippen LogP contribution < -0.4 is 14.9 Å². The molecule has 0 spiro atoms. The predicted molar refractivity (Wildman–Crippen MR) is 108 cm³/mol. The molecule has 6 N–H and O–H groups in total. The first-order valence-corrected chi connectivity index (χ1v) is 9.44. The molecule has 2 aromatic carbocycles. The van der Waals surface area contributed by atoms with Gasteiger partial charge in [0.05, 0.1) is 13.7 Å². The average Bonchev–Trinajstić information content (AvgIpc) is 3.04. The minimum atomic E-state index is -1.60. The second-order valence-corrected chi connectivity index (χ2v) is 7.14. The Hall–Kier alpha value is -3.51. The van der Waals surface area contributed by atoms with Gasteiger partial charge in [0.1, 0.15) is 40.8 Å². The second kappa shape index (κ2) is 8.20. The van der Waals surface area contributed by atoms with Crippen LogP contribution in [0.25, 0.3) is 22.3 Å². The minimum absolute atomic E-state index is 0.0667. The largest absolute Gasteiger partial charge is 0.507 e. The van der Waals surface area contributed by atoms with Crippen molar-refractivity contribution in [3.63, 3.8) is 0 Å². The lowest BCUT2D eigenvalue weighted by Gasteiger charge is -2.19. The Kier molecular flexibility index (Phi) is 5.57. The summed E-state index contributed by atoms with van der Waals surface area (Å²) in [5.74, 6) is -1.89. The van der Waals surface area contributed by atoms with Crippen molar-refractivity contribution in [2.24, 2.45) is 0 Å². The number of phenols is 3. The van der Waals surface area contributed by atoms with Gasteiger partial charge in [-0.1, -0.05) is 0 Å². The molecule has 11 heteroatoms. The first kappa shape index (κ1) is 21.7. The summed E-state index contributed by atoms with van der Waals surface area (Å²) in [5.41, 5.74) is -0.794. The summed E-state index contributed by atoms with van der Waals surface area (Å²) in [6, 6.07) is 6.17. The molecule has 1 aliphatic rings. The van der Waals surface area contributed by atoms with E-state index in [4.69, 9.17) is 18.6 Å². The Morgan fingerprint density at radius 1 is 1.00 bits per heavy atom. The third kappa shape index (κ3) is 3.56. The van der Waals surface area contributed by atoms with Crippen molar-refractivity contribution in [3.05, 3.63) is 40.6 Å². The van der Waals surface area contributed by atoms with Crippen LogP contribution in [0.1, 0.15) is 0 Å². The van der Waals surface area contributed by atoms with E-state index in [-0.39, 0.29) is 28.0 Å². The summed E-state index contributed by atoms with van der Waals surface area (Å²) in [7, 11) is 1.36. The van der Waals surface area contributed by atoms with E-state index < -0.39 is 59.6 Å². The van der Waals surface area contributed by atoms with E-state index in [1.54, 1.807) is 0 Å². The number of aromatic hydroxyl groups is 3. The van der Waals surface area contributed by atoms with Crippen LogP contribution in [0.2, 0.25) is 0 Å². The molecule has 1 aliphatic heterocycles. The molecule has 2 heterocycles. The van der Waals surface area contributed by atoms with Crippen molar-refractivity contribution >= 4 is 11.0 Å². The maximum Gasteiger partial charge on any atom is 0.239 e. The lowest BCUT2D eigenvalue weighted by molar-refractivity contribution is -0.117. The van der Waals surface area contributed by atoms with E-state index in [0.717, 1.165) is 12.1 Å². The summed E-state index contributed by atoms with van der Waals surface area (Å²) in [4.78, 5) is 13.3. The number of hydrogen-bond donors (Lipinski definition) is 6. The van der Waals surface area contributed by atoms with Gasteiger partial charge in [-0.3, -0.25) is 4.79 Å². The fraction of sp³-hybridized carbons (Fsp3) is 0.286. The van der Waals surface area contributed by atoms with Crippen molar-refractivity contribution in [3.8, 4) is 40.1 Å². The third-order valence-corrected chi connectivity index (χ3v) is 5.11. The number of benzene rings is 2. The first-order chi connectivity index (χ1) is 15.2. The maximum absolute atomic E-state index is 13.3. The molecule has 11 nitrogen and oxygen atoms in total. The van der Waals surface area contributed by atoms with E-state index >= 15 is 0 Å². The Labute approximate surface area is 179 Å². The Balaban J connectivity index is 1.93. The normalized spacial score (nSPS) is 22.9. The second-order valence-electron chi connectivity index (χ2n) is 7.14. The minimum Gasteiger partial charge on any atom is -0.507 e. The maximum atomic E-state index is 13.3. The molecule has 0 saturated carbocycles. The highest BCUT2D eigenvalue weighted by Crippen LogP contribution is 2.39. The number of rotatable bonds is 5. The van der Waals surface area contributed by atoms with E-state index in [1.807, 2.05) is 0 Å². The van der Waals surface area contributed by atoms with Crippen molar-refractivity contribution in [2.75, 3.05) is 13.7 Å². The van der Waals surface area contributed by atoms with Crippen LogP contribution >= 0.6 is 0 Å². The quantitative estimate of drug-likeness (QED) is 0.298. The van der Waals surface area contributed by atoms with Gasteiger partial charge < -0.3 is 49.3 Å². The molecule has 4 atom stereocenters. The molecule has 4 rings (SSSR count). The van der Waals surface area contributed by atoms with Crippen LogP contribution in [0.15, 0.2) is 39.5 Å². The van der Waals surface area contributed by atoms with Gasteiger partial charge in [-0.05, 0) is 18.2 Å². The zero-order valence-electron chi connectivity index (χ0n) is 16.6. The Morgan fingerprint density at radius 2 is 1.75 bits per heavy atom. The lowest BCUT2D eigenvalue weighted by atomic mass is 10.1. The highest BCUT2D eigenvalue weighted by molar-refractivity contribution is 5.88. The summed E-state index contributed by atoms with van der Waals surface area (Å²) in [6.45, 7) is -0.607. The summed E-state index contributed by atoms with van der Waals surface area (Å²) in [6.07, 6.45) is -5.78. The van der Waals surface area contributed by atoms with Gasteiger partial charge in [-0.25, -0.2) is 0 Å². The van der Waals surface area contributed by atoms with Crippen molar-refractivity contribution < 1.29 is 49.3 Å². The molecule has 0 aliphatic carbocycles. The van der Waals surface area contributed by atoms with E-state index in [0.29, 0.717) is 0 Å². The van der Waals surface area contributed by atoms with Gasteiger partial charge in [0.15, 0.2) is 17.3 Å². The average molecular weight is 448 g/mol. The van der Waals surface area contributed by atoms with Gasteiger partial charge in [-0.15, -0.1) is 0 Å². The van der Waals surface area contributed by atoms with Crippen LogP contribution in [-0.2, 0) is 4.74 Å². The molecule has 170 valence electrons. The Bertz CT molecular complexity index is 1220. The predicted octanol–water partition coefficient (Wildman–Crippen LogP) is 0.403. The number of methoxy groups -OCH3 is 1. The third-order valence-electron chi connectivity index (χ3n) is 5.11. The summed E-state index contributed by atoms with van der Waals surface area (Å²) < 4.78 is 21.7. The van der Waals surface area contributed by atoms with Gasteiger partial charge in [-0.2, -0.15) is 0 Å². The fourth-order valence-electron chi connectivity index (χ4n) is 3.42. The van der Waals surface area contributed by atoms with Crippen LogP contribution in [0.5, 0.6) is 28.7 Å². The topological polar surface area (TPSA) is 179 Å². The molecular formula is C21H20O11. The summed E-state index contributed by atoms with van der Waals surface area (Å²) >= 11 is 0. The van der Waals surface area contributed by atoms with E-state index in [2.05, 4.69) is 0 Å². The number of aliphatic hydroxyl groups is 3. The molecule has 0 radical (unpaired) electrons. The standard InChI is InChI=1S/C21H20O11/c1-29-9-5-12(25)15-13(6-9)30-19(8-2-3-10(23)11(24)4-8)20(17(15)27)32-21-18(28)16(26)14(7-22)31-21/h2-6,14,16,18,21-26,28H,7H2,1H3/t14-,16+,18+,21+/m1/s1. The van der Waals surface area contributed by atoms with Gasteiger partial charge >= 0.3 is 0 Å². The van der Waals surface area contributed by atoms with Crippen LogP contribution in [0.4, 0.5) is 0 Å². The van der Waals surface area contributed by atoms with Gasteiger partial charge in [0.2, 0.25) is 17.5 Å². The number of ether oxygens (including phenoxy) is 3. The van der Waals surface area contributed by atoms with Gasteiger partial charge in [0.25, 0.3) is 0 Å². The zero-order chi connectivity index (χ0) is 23.2. The molecule has 0 bridgehead atoms. The van der Waals surface area contributed by atoms with Crippen LogP contribution in [0, 0.1) is 0 Å². The highest BCUT2D eigenvalue weighted by atomic mass is 16.7. The number of hydrogen-bond acceptors (Lipinski definition) is 11. The molecule has 3 aromatic rings. The molecule has 1 fully saturated rings. The highest BCUT2D eigenvalue weighted by Gasteiger charge is 2.44. The fourth-order valence-corrected chi connectivity index (χ4v) is 3.42. The number of phenolic OH excluding ortho intramolecular Hbond substituents is 3. The van der Waals surface area contributed by atoms with Crippen LogP contribution in [0.3, 0.4) is 0 Å². The number of fused-ring (bicyclic) bond motifs is 1. The van der Waals surface area contributed by atoms with Crippen molar-refractivity contribution in [1.82, 2.24) is 0 Å². The lowest BCUT2D eigenvalue weighted by Crippen LogP contribution is -2.36. The van der Waals surface area contributed by atoms with Gasteiger partial charge in [0, 0.05) is 17.7 Å². The molecule has 0 unspecified atom stereocenters.